The molecule has 0 bridgehead atoms. The Kier molecular flexibility index (Phi) is 3.75. The van der Waals surface area contributed by atoms with E-state index in [4.69, 9.17) is 10.5 Å². The molecule has 2 aromatic rings. The predicted molar refractivity (Wildman–Crippen MR) is 69.8 cm³/mol. The lowest BCUT2D eigenvalue weighted by Crippen LogP contribution is -2.07. The molecule has 0 aromatic carbocycles. The van der Waals surface area contributed by atoms with Gasteiger partial charge in [-0.25, -0.2) is 9.97 Å². The number of imidazole rings is 1. The highest BCUT2D eigenvalue weighted by atomic mass is 32.2. The van der Waals surface area contributed by atoms with Crippen LogP contribution in [0.4, 0.5) is 5.95 Å². The van der Waals surface area contributed by atoms with E-state index >= 15 is 0 Å². The van der Waals surface area contributed by atoms with Gasteiger partial charge in [0.25, 0.3) is 0 Å². The molecular weight excluding hydrogens is 254 g/mol. The minimum absolute atomic E-state index is 0.366. The van der Waals surface area contributed by atoms with Crippen molar-refractivity contribution in [3.05, 3.63) is 6.33 Å². The number of anilines is 1. The van der Waals surface area contributed by atoms with Crippen LogP contribution in [0.2, 0.25) is 0 Å². The van der Waals surface area contributed by atoms with Crippen molar-refractivity contribution in [2.24, 2.45) is 0 Å². The van der Waals surface area contributed by atoms with Crippen LogP contribution in [0.15, 0.2) is 6.33 Å². The number of ether oxygens (including phenoxy) is 1. The second-order valence-corrected chi connectivity index (χ2v) is 5.36. The Morgan fingerprint density at radius 3 is 2.94 bits per heavy atom. The van der Waals surface area contributed by atoms with E-state index in [1.165, 1.54) is 13.4 Å². The summed E-state index contributed by atoms with van der Waals surface area (Å²) in [6, 6.07) is 0. The van der Waals surface area contributed by atoms with Gasteiger partial charge in [-0.15, -0.1) is 0 Å². The van der Waals surface area contributed by atoms with Crippen LogP contribution in [0.1, 0.15) is 6.42 Å². The number of aromatic nitrogens is 4. The topological polar surface area (TPSA) is 95.9 Å². The first-order chi connectivity index (χ1) is 8.63. The van der Waals surface area contributed by atoms with E-state index in [0.717, 1.165) is 6.42 Å². The smallest absolute Gasteiger partial charge is 0.245 e. The van der Waals surface area contributed by atoms with Gasteiger partial charge in [-0.1, -0.05) is 0 Å². The molecule has 0 aliphatic heterocycles. The molecule has 0 aliphatic rings. The highest BCUT2D eigenvalue weighted by Crippen LogP contribution is 2.22. The van der Waals surface area contributed by atoms with Crippen molar-refractivity contribution in [2.75, 3.05) is 24.9 Å². The van der Waals surface area contributed by atoms with E-state index in [-0.39, 0.29) is 0 Å². The summed E-state index contributed by atoms with van der Waals surface area (Å²) >= 11 is 0. The Hall–Kier alpha value is -1.70. The van der Waals surface area contributed by atoms with E-state index in [2.05, 4.69) is 15.0 Å². The highest BCUT2D eigenvalue weighted by molar-refractivity contribution is 7.84. The molecular formula is C10H15N5O2S. The third kappa shape index (κ3) is 2.42. The van der Waals surface area contributed by atoms with E-state index in [0.29, 0.717) is 35.3 Å². The Morgan fingerprint density at radius 2 is 2.28 bits per heavy atom. The number of fused-ring (bicyclic) bond motifs is 1. The van der Waals surface area contributed by atoms with Gasteiger partial charge in [-0.3, -0.25) is 8.78 Å². The van der Waals surface area contributed by atoms with Crippen LogP contribution in [0.5, 0.6) is 5.88 Å². The van der Waals surface area contributed by atoms with Crippen molar-refractivity contribution < 1.29 is 8.95 Å². The zero-order valence-corrected chi connectivity index (χ0v) is 11.1. The molecule has 2 heterocycles. The van der Waals surface area contributed by atoms with Crippen LogP contribution in [-0.2, 0) is 17.3 Å². The molecule has 2 rings (SSSR count). The van der Waals surface area contributed by atoms with E-state index in [1.54, 1.807) is 10.8 Å². The zero-order valence-electron chi connectivity index (χ0n) is 10.3. The highest BCUT2D eigenvalue weighted by Gasteiger charge is 2.14. The average molecular weight is 269 g/mol. The van der Waals surface area contributed by atoms with Crippen molar-refractivity contribution in [3.8, 4) is 5.88 Å². The Bertz CT molecular complexity index is 583. The second kappa shape index (κ2) is 5.30. The third-order valence-electron chi connectivity index (χ3n) is 2.53. The van der Waals surface area contributed by atoms with Gasteiger partial charge in [0.05, 0.1) is 7.11 Å². The van der Waals surface area contributed by atoms with E-state index in [9.17, 15) is 4.21 Å². The SMILES string of the molecule is COc1ncnc2c1nc(N)n2CCCS(C)=O. The Morgan fingerprint density at radius 1 is 1.50 bits per heavy atom. The fourth-order valence-electron chi connectivity index (χ4n) is 1.73. The second-order valence-electron chi connectivity index (χ2n) is 3.81. The third-order valence-corrected chi connectivity index (χ3v) is 3.40. The molecule has 7 nitrogen and oxygen atoms in total. The number of rotatable bonds is 5. The van der Waals surface area contributed by atoms with Gasteiger partial charge in [0, 0.05) is 29.4 Å². The number of aryl methyl sites for hydroxylation is 1. The fraction of sp³-hybridized carbons (Fsp3) is 0.500. The molecule has 0 saturated carbocycles. The monoisotopic (exact) mass is 269 g/mol. The summed E-state index contributed by atoms with van der Waals surface area (Å²) in [4.78, 5) is 12.3. The van der Waals surface area contributed by atoms with Gasteiger partial charge in [-0.05, 0) is 6.42 Å². The quantitative estimate of drug-likeness (QED) is 0.832. The summed E-state index contributed by atoms with van der Waals surface area (Å²) in [7, 11) is 0.720. The van der Waals surface area contributed by atoms with Gasteiger partial charge in [0.2, 0.25) is 11.8 Å². The first kappa shape index (κ1) is 12.7. The molecule has 0 saturated heterocycles. The van der Waals surface area contributed by atoms with Gasteiger partial charge >= 0.3 is 0 Å². The normalized spacial score (nSPS) is 12.8. The number of nitrogens with two attached hydrogens (primary N) is 1. The maximum absolute atomic E-state index is 11.0. The maximum atomic E-state index is 11.0. The van der Waals surface area contributed by atoms with Crippen molar-refractivity contribution >= 4 is 27.9 Å². The zero-order chi connectivity index (χ0) is 13.1. The first-order valence-electron chi connectivity index (χ1n) is 5.44. The molecule has 8 heteroatoms. The number of methoxy groups -OCH3 is 1. The number of nitrogens with zero attached hydrogens (tertiary/aromatic N) is 4. The van der Waals surface area contributed by atoms with Crippen molar-refractivity contribution in [3.63, 3.8) is 0 Å². The fourth-order valence-corrected chi connectivity index (χ4v) is 2.26. The molecule has 0 spiro atoms. The summed E-state index contributed by atoms with van der Waals surface area (Å²) in [5.74, 6) is 1.40. The first-order valence-corrected chi connectivity index (χ1v) is 7.17. The van der Waals surface area contributed by atoms with Crippen molar-refractivity contribution in [2.45, 2.75) is 13.0 Å². The van der Waals surface area contributed by atoms with Gasteiger partial charge in [-0.2, -0.15) is 4.98 Å². The summed E-state index contributed by atoms with van der Waals surface area (Å²) < 4.78 is 17.9. The lowest BCUT2D eigenvalue weighted by molar-refractivity contribution is 0.401. The number of nitrogen functional groups attached to an aromatic ring is 1. The molecule has 98 valence electrons. The van der Waals surface area contributed by atoms with Crippen molar-refractivity contribution in [1.29, 1.82) is 0 Å². The van der Waals surface area contributed by atoms with Crippen molar-refractivity contribution in [1.82, 2.24) is 19.5 Å². The summed E-state index contributed by atoms with van der Waals surface area (Å²) in [5.41, 5.74) is 7.04. The van der Waals surface area contributed by atoms with E-state index < -0.39 is 10.8 Å². The van der Waals surface area contributed by atoms with Crippen LogP contribution >= 0.6 is 0 Å². The van der Waals surface area contributed by atoms with Crippen LogP contribution in [0, 0.1) is 0 Å². The van der Waals surface area contributed by atoms with Crippen LogP contribution < -0.4 is 10.5 Å². The predicted octanol–water partition coefficient (Wildman–Crippen LogP) is 0.186. The molecule has 1 unspecified atom stereocenters. The standard InChI is InChI=1S/C10H15N5O2S/c1-17-9-7-8(12-6-13-9)15(10(11)14-7)4-3-5-18(2)16/h6H,3-5H2,1-2H3,(H2,11,14). The Labute approximate surface area is 107 Å². The molecule has 0 fully saturated rings. The van der Waals surface area contributed by atoms with Crippen LogP contribution in [0.3, 0.4) is 0 Å². The van der Waals surface area contributed by atoms with Gasteiger partial charge in [0.15, 0.2) is 11.2 Å². The minimum Gasteiger partial charge on any atom is -0.479 e. The summed E-state index contributed by atoms with van der Waals surface area (Å²) in [6.07, 6.45) is 3.85. The molecule has 0 aliphatic carbocycles. The average Bonchev–Trinajstić information content (AvgIpc) is 2.65. The lowest BCUT2D eigenvalue weighted by Gasteiger charge is -2.04. The largest absolute Gasteiger partial charge is 0.479 e. The number of hydrogen-bond donors (Lipinski definition) is 1. The van der Waals surface area contributed by atoms with Crippen LogP contribution in [-0.4, -0.2) is 42.8 Å². The lowest BCUT2D eigenvalue weighted by atomic mass is 10.4. The molecule has 1 atom stereocenters. The molecule has 2 N–H and O–H groups in total. The van der Waals surface area contributed by atoms with Crippen LogP contribution in [0.25, 0.3) is 11.2 Å². The summed E-state index contributed by atoms with van der Waals surface area (Å²) in [5, 5.41) is 0. The van der Waals surface area contributed by atoms with Gasteiger partial charge in [0.1, 0.15) is 6.33 Å². The van der Waals surface area contributed by atoms with Gasteiger partial charge < -0.3 is 10.5 Å². The molecule has 18 heavy (non-hydrogen) atoms. The Balaban J connectivity index is 2.32. The molecule has 2 aromatic heterocycles. The molecule has 0 radical (unpaired) electrons. The number of hydrogen-bond acceptors (Lipinski definition) is 6. The maximum Gasteiger partial charge on any atom is 0.245 e. The van der Waals surface area contributed by atoms with E-state index in [1.807, 2.05) is 0 Å². The molecule has 0 amide bonds. The summed E-state index contributed by atoms with van der Waals surface area (Å²) in [6.45, 7) is 0.627. The minimum atomic E-state index is -0.805.